The predicted molar refractivity (Wildman–Crippen MR) is 59.6 cm³/mol. The summed E-state index contributed by atoms with van der Waals surface area (Å²) in [5.74, 6) is -1.07. The van der Waals surface area contributed by atoms with Crippen LogP contribution in [0, 0.1) is 5.82 Å². The molecule has 0 saturated carbocycles. The number of benzene rings is 1. The monoisotopic (exact) mass is 245 g/mol. The van der Waals surface area contributed by atoms with Crippen molar-refractivity contribution in [2.45, 2.75) is 18.9 Å². The van der Waals surface area contributed by atoms with Gasteiger partial charge in [-0.3, -0.25) is 0 Å². The van der Waals surface area contributed by atoms with Crippen LogP contribution in [-0.2, 0) is 0 Å². The lowest BCUT2D eigenvalue weighted by Crippen LogP contribution is -2.13. The van der Waals surface area contributed by atoms with E-state index in [0.717, 1.165) is 19.4 Å². The fraction of sp³-hybridized carbons (Fsp3) is 0.455. The van der Waals surface area contributed by atoms with Crippen molar-refractivity contribution in [2.24, 2.45) is 0 Å². The molecule has 0 spiro atoms. The zero-order chi connectivity index (χ0) is 11.7. The lowest BCUT2D eigenvalue weighted by atomic mass is 10.0. The molecular formula is C11H13ClFNO2. The number of halogens is 2. The van der Waals surface area contributed by atoms with Gasteiger partial charge in [0.1, 0.15) is 0 Å². The van der Waals surface area contributed by atoms with E-state index in [9.17, 15) is 9.50 Å². The Bertz CT molecular complexity index is 405. The van der Waals surface area contributed by atoms with Crippen LogP contribution in [0.2, 0.25) is 5.02 Å². The van der Waals surface area contributed by atoms with Crippen molar-refractivity contribution < 1.29 is 14.2 Å². The number of hydrogen-bond donors (Lipinski definition) is 2. The number of methoxy groups -OCH3 is 1. The zero-order valence-corrected chi connectivity index (χ0v) is 9.64. The lowest BCUT2D eigenvalue weighted by molar-refractivity contribution is 0.346. The first kappa shape index (κ1) is 11.5. The van der Waals surface area contributed by atoms with Crippen molar-refractivity contribution in [3.8, 4) is 11.5 Å². The number of aromatic hydroxyl groups is 1. The number of nitrogens with one attached hydrogen (secondary N) is 1. The first-order valence-corrected chi connectivity index (χ1v) is 5.51. The molecule has 0 aliphatic carbocycles. The molecule has 0 bridgehead atoms. The highest BCUT2D eigenvalue weighted by atomic mass is 35.5. The molecule has 88 valence electrons. The molecule has 1 aliphatic heterocycles. The fourth-order valence-electron chi connectivity index (χ4n) is 2.01. The minimum absolute atomic E-state index is 0.0204. The van der Waals surface area contributed by atoms with Crippen molar-refractivity contribution in [1.29, 1.82) is 0 Å². The van der Waals surface area contributed by atoms with Gasteiger partial charge in [-0.05, 0) is 25.5 Å². The Kier molecular flexibility index (Phi) is 3.21. The van der Waals surface area contributed by atoms with E-state index in [4.69, 9.17) is 16.3 Å². The molecule has 1 aromatic carbocycles. The van der Waals surface area contributed by atoms with Crippen LogP contribution < -0.4 is 10.1 Å². The van der Waals surface area contributed by atoms with Gasteiger partial charge in [0.2, 0.25) is 0 Å². The molecule has 1 heterocycles. The number of ether oxygens (including phenoxy) is 1. The van der Waals surface area contributed by atoms with Crippen molar-refractivity contribution >= 4 is 11.6 Å². The molecular weight excluding hydrogens is 233 g/mol. The van der Waals surface area contributed by atoms with Gasteiger partial charge in [-0.1, -0.05) is 11.6 Å². The molecule has 3 nitrogen and oxygen atoms in total. The summed E-state index contributed by atoms with van der Waals surface area (Å²) in [5, 5.41) is 13.1. The summed E-state index contributed by atoms with van der Waals surface area (Å²) >= 11 is 5.75. The van der Waals surface area contributed by atoms with E-state index in [0.29, 0.717) is 5.56 Å². The predicted octanol–water partition coefficient (Wildman–Crippen LogP) is 2.62. The van der Waals surface area contributed by atoms with Gasteiger partial charge in [0.05, 0.1) is 12.1 Å². The normalized spacial score (nSPS) is 20.1. The van der Waals surface area contributed by atoms with Gasteiger partial charge >= 0.3 is 0 Å². The van der Waals surface area contributed by atoms with Gasteiger partial charge < -0.3 is 15.2 Å². The molecule has 0 aromatic heterocycles. The Hall–Kier alpha value is -1.00. The maximum Gasteiger partial charge on any atom is 0.198 e. The second-order valence-electron chi connectivity index (χ2n) is 3.79. The zero-order valence-electron chi connectivity index (χ0n) is 8.89. The molecule has 1 unspecified atom stereocenters. The van der Waals surface area contributed by atoms with Gasteiger partial charge in [-0.2, -0.15) is 0 Å². The summed E-state index contributed by atoms with van der Waals surface area (Å²) in [7, 11) is 1.31. The van der Waals surface area contributed by atoms with E-state index in [1.807, 2.05) is 0 Å². The van der Waals surface area contributed by atoms with E-state index in [1.54, 1.807) is 0 Å². The smallest absolute Gasteiger partial charge is 0.198 e. The van der Waals surface area contributed by atoms with Gasteiger partial charge in [0.15, 0.2) is 17.3 Å². The van der Waals surface area contributed by atoms with E-state index >= 15 is 0 Å². The minimum atomic E-state index is -0.719. The van der Waals surface area contributed by atoms with Crippen LogP contribution in [0.4, 0.5) is 4.39 Å². The van der Waals surface area contributed by atoms with Crippen molar-refractivity contribution in [2.75, 3.05) is 13.7 Å². The molecule has 0 amide bonds. The summed E-state index contributed by atoms with van der Waals surface area (Å²) in [6.07, 6.45) is 1.93. The highest BCUT2D eigenvalue weighted by molar-refractivity contribution is 6.31. The standard InChI is InChI=1S/C11H13ClFNO2/c1-16-11-9(13)7(12)5-6(10(11)15)8-3-2-4-14-8/h5,8,14-15H,2-4H2,1H3. The first-order valence-electron chi connectivity index (χ1n) is 5.13. The summed E-state index contributed by atoms with van der Waals surface area (Å²) in [6, 6.07) is 1.48. The molecule has 1 aliphatic rings. The highest BCUT2D eigenvalue weighted by Crippen LogP contribution is 2.41. The van der Waals surface area contributed by atoms with E-state index < -0.39 is 5.82 Å². The fourth-order valence-corrected chi connectivity index (χ4v) is 2.22. The maximum atomic E-state index is 13.5. The summed E-state index contributed by atoms with van der Waals surface area (Å²) in [4.78, 5) is 0. The molecule has 2 rings (SSSR count). The van der Waals surface area contributed by atoms with Gasteiger partial charge in [-0.15, -0.1) is 0 Å². The lowest BCUT2D eigenvalue weighted by Gasteiger charge is -2.16. The Labute approximate surface area is 98.2 Å². The third kappa shape index (κ3) is 1.83. The van der Waals surface area contributed by atoms with Crippen molar-refractivity contribution in [1.82, 2.24) is 5.32 Å². The SMILES string of the molecule is COc1c(O)c(C2CCCN2)cc(Cl)c1F. The van der Waals surface area contributed by atoms with Crippen LogP contribution in [0.25, 0.3) is 0 Å². The van der Waals surface area contributed by atoms with Crippen LogP contribution in [0.5, 0.6) is 11.5 Å². The third-order valence-corrected chi connectivity index (χ3v) is 3.09. The average Bonchev–Trinajstić information content (AvgIpc) is 2.77. The third-order valence-electron chi connectivity index (χ3n) is 2.82. The van der Waals surface area contributed by atoms with E-state index in [1.165, 1.54) is 13.2 Å². The Balaban J connectivity index is 2.49. The number of rotatable bonds is 2. The summed E-state index contributed by atoms with van der Waals surface area (Å²) in [6.45, 7) is 0.890. The molecule has 1 aromatic rings. The average molecular weight is 246 g/mol. The van der Waals surface area contributed by atoms with E-state index in [2.05, 4.69) is 5.32 Å². The van der Waals surface area contributed by atoms with Crippen LogP contribution in [-0.4, -0.2) is 18.8 Å². The highest BCUT2D eigenvalue weighted by Gasteiger charge is 2.25. The Morgan fingerprint density at radius 1 is 1.62 bits per heavy atom. The topological polar surface area (TPSA) is 41.5 Å². The van der Waals surface area contributed by atoms with Crippen LogP contribution in [0.1, 0.15) is 24.4 Å². The minimum Gasteiger partial charge on any atom is -0.504 e. The van der Waals surface area contributed by atoms with Crippen molar-refractivity contribution in [3.63, 3.8) is 0 Å². The molecule has 0 radical (unpaired) electrons. The Morgan fingerprint density at radius 3 is 2.94 bits per heavy atom. The van der Waals surface area contributed by atoms with Gasteiger partial charge in [0, 0.05) is 11.6 Å². The second kappa shape index (κ2) is 4.47. The second-order valence-corrected chi connectivity index (χ2v) is 4.20. The first-order chi connectivity index (χ1) is 7.65. The number of phenols is 1. The number of hydrogen-bond acceptors (Lipinski definition) is 3. The van der Waals surface area contributed by atoms with Crippen molar-refractivity contribution in [3.05, 3.63) is 22.5 Å². The molecule has 1 saturated heterocycles. The maximum absolute atomic E-state index is 13.5. The number of phenolic OH excluding ortho intramolecular Hbond substituents is 1. The van der Waals surface area contributed by atoms with Crippen LogP contribution in [0.15, 0.2) is 6.07 Å². The van der Waals surface area contributed by atoms with E-state index in [-0.39, 0.29) is 22.6 Å². The Morgan fingerprint density at radius 2 is 2.38 bits per heavy atom. The molecule has 1 fully saturated rings. The summed E-state index contributed by atoms with van der Waals surface area (Å²) in [5.41, 5.74) is 0.598. The quantitative estimate of drug-likeness (QED) is 0.842. The van der Waals surface area contributed by atoms with Crippen LogP contribution in [0.3, 0.4) is 0 Å². The largest absolute Gasteiger partial charge is 0.504 e. The molecule has 2 N–H and O–H groups in total. The molecule has 5 heteroatoms. The molecule has 1 atom stereocenters. The van der Waals surface area contributed by atoms with Gasteiger partial charge in [0.25, 0.3) is 0 Å². The van der Waals surface area contributed by atoms with Crippen LogP contribution >= 0.6 is 11.6 Å². The molecule has 16 heavy (non-hydrogen) atoms. The summed E-state index contributed by atoms with van der Waals surface area (Å²) < 4.78 is 18.3. The van der Waals surface area contributed by atoms with Gasteiger partial charge in [-0.25, -0.2) is 4.39 Å².